The van der Waals surface area contributed by atoms with Gasteiger partial charge in [-0.1, -0.05) is 20.8 Å². The van der Waals surface area contributed by atoms with E-state index in [4.69, 9.17) is 15.0 Å². The van der Waals surface area contributed by atoms with Gasteiger partial charge >= 0.3 is 0 Å². The lowest BCUT2D eigenvalue weighted by Crippen LogP contribution is -2.53. The van der Waals surface area contributed by atoms with E-state index < -0.39 is 0 Å². The molecular weight excluding hydrogens is 452 g/mol. The number of carbonyl (C=O) groups excluding carboxylic acids is 1. The summed E-state index contributed by atoms with van der Waals surface area (Å²) in [6, 6.07) is 3.97. The molecule has 190 valence electrons. The molecule has 0 saturated carbocycles. The fourth-order valence-electron chi connectivity index (χ4n) is 5.17. The maximum atomic E-state index is 12.3. The first-order valence-electron chi connectivity index (χ1n) is 12.9. The number of nitrogens with zero attached hydrogens (tertiary/aromatic N) is 7. The van der Waals surface area contributed by atoms with Crippen LogP contribution in [0.1, 0.15) is 45.1 Å². The Morgan fingerprint density at radius 2 is 1.86 bits per heavy atom. The van der Waals surface area contributed by atoms with Crippen molar-refractivity contribution >= 4 is 40.1 Å². The molecule has 1 atom stereocenters. The lowest BCUT2D eigenvalue weighted by Gasteiger charge is -2.40. The van der Waals surface area contributed by atoms with E-state index in [1.165, 1.54) is 18.4 Å². The number of aromatic nitrogens is 4. The standard InChI is InChI=1S/C27H36N8O/c1-17(2)21-12-30-25(35-15-19(16-35)26(36)33(4)5)22-13-29-24(11-20(21)22)31-23-8-9-28-27(32-23)34-10-6-7-18(3)14-34/h8-9,11-13,17-19H,6-7,10,14-16H2,1-5H3,(H,28,29,31,32)/t18-/m0/s1. The van der Waals surface area contributed by atoms with Crippen LogP contribution in [0.3, 0.4) is 0 Å². The Labute approximate surface area is 213 Å². The molecule has 0 spiro atoms. The summed E-state index contributed by atoms with van der Waals surface area (Å²) in [5.74, 6) is 4.28. The number of piperidine rings is 1. The molecule has 2 fully saturated rings. The molecule has 2 aliphatic heterocycles. The highest BCUT2D eigenvalue weighted by atomic mass is 16.2. The van der Waals surface area contributed by atoms with Gasteiger partial charge in [-0.05, 0) is 47.8 Å². The lowest BCUT2D eigenvalue weighted by molar-refractivity contribution is -0.133. The first kappa shape index (κ1) is 24.2. The highest BCUT2D eigenvalue weighted by Gasteiger charge is 2.35. The predicted octanol–water partition coefficient (Wildman–Crippen LogP) is 4.05. The van der Waals surface area contributed by atoms with Crippen molar-refractivity contribution in [1.82, 2.24) is 24.8 Å². The minimum absolute atomic E-state index is 0.0189. The number of hydrogen-bond acceptors (Lipinski definition) is 8. The number of rotatable bonds is 6. The van der Waals surface area contributed by atoms with Gasteiger partial charge in [0.15, 0.2) is 0 Å². The van der Waals surface area contributed by atoms with Gasteiger partial charge in [-0.25, -0.2) is 15.0 Å². The van der Waals surface area contributed by atoms with Crippen molar-refractivity contribution in [2.24, 2.45) is 11.8 Å². The Hall–Kier alpha value is -3.49. The van der Waals surface area contributed by atoms with Gasteiger partial charge in [0.05, 0.1) is 5.92 Å². The second kappa shape index (κ2) is 9.87. The van der Waals surface area contributed by atoms with Gasteiger partial charge in [-0.2, -0.15) is 4.98 Å². The zero-order valence-corrected chi connectivity index (χ0v) is 21.9. The second-order valence-corrected chi connectivity index (χ2v) is 10.7. The lowest BCUT2D eigenvalue weighted by atomic mass is 9.96. The number of amides is 1. The van der Waals surface area contributed by atoms with Gasteiger partial charge < -0.3 is 20.0 Å². The third kappa shape index (κ3) is 4.79. The molecule has 9 heteroatoms. The third-order valence-corrected chi connectivity index (χ3v) is 7.21. The molecule has 0 unspecified atom stereocenters. The SMILES string of the molecule is CC(C)c1cnc(N2CC(C(=O)N(C)C)C2)c2cnc(Nc3ccnc(N4CCC[C@H](C)C4)n3)cc12. The molecule has 0 radical (unpaired) electrons. The molecule has 0 aliphatic carbocycles. The summed E-state index contributed by atoms with van der Waals surface area (Å²) in [6.07, 6.45) is 8.09. The summed E-state index contributed by atoms with van der Waals surface area (Å²) in [4.78, 5) is 37.2. The third-order valence-electron chi connectivity index (χ3n) is 7.21. The fourth-order valence-corrected chi connectivity index (χ4v) is 5.17. The van der Waals surface area contributed by atoms with Gasteiger partial charge in [0.2, 0.25) is 11.9 Å². The average Bonchev–Trinajstić information content (AvgIpc) is 2.83. The molecule has 3 aromatic rings. The number of hydrogen-bond donors (Lipinski definition) is 1. The van der Waals surface area contributed by atoms with Gasteiger partial charge in [-0.15, -0.1) is 0 Å². The molecule has 5 heterocycles. The van der Waals surface area contributed by atoms with Crippen LogP contribution in [0.5, 0.6) is 0 Å². The maximum Gasteiger partial charge on any atom is 0.228 e. The topological polar surface area (TPSA) is 90.4 Å². The van der Waals surface area contributed by atoms with Crippen LogP contribution in [-0.4, -0.2) is 71.0 Å². The Bertz CT molecular complexity index is 1250. The fraction of sp³-hybridized carbons (Fsp3) is 0.519. The predicted molar refractivity (Wildman–Crippen MR) is 144 cm³/mol. The molecule has 5 rings (SSSR count). The molecule has 0 bridgehead atoms. The molecule has 1 amide bonds. The highest BCUT2D eigenvalue weighted by molar-refractivity contribution is 5.96. The van der Waals surface area contributed by atoms with Crippen molar-refractivity contribution in [3.63, 3.8) is 0 Å². The highest BCUT2D eigenvalue weighted by Crippen LogP contribution is 2.35. The molecule has 36 heavy (non-hydrogen) atoms. The Kier molecular flexibility index (Phi) is 6.64. The Morgan fingerprint density at radius 3 is 2.58 bits per heavy atom. The first-order chi connectivity index (χ1) is 17.3. The van der Waals surface area contributed by atoms with Crippen molar-refractivity contribution < 1.29 is 4.79 Å². The van der Waals surface area contributed by atoms with Crippen molar-refractivity contribution in [3.8, 4) is 0 Å². The first-order valence-corrected chi connectivity index (χ1v) is 12.9. The van der Waals surface area contributed by atoms with Crippen LogP contribution < -0.4 is 15.1 Å². The van der Waals surface area contributed by atoms with E-state index in [9.17, 15) is 4.79 Å². The van der Waals surface area contributed by atoms with Gasteiger partial charge in [-0.3, -0.25) is 4.79 Å². The van der Waals surface area contributed by atoms with Crippen LogP contribution in [0, 0.1) is 11.8 Å². The molecule has 2 aliphatic rings. The van der Waals surface area contributed by atoms with Crippen LogP contribution in [0.4, 0.5) is 23.4 Å². The number of nitrogens with one attached hydrogen (secondary N) is 1. The minimum Gasteiger partial charge on any atom is -0.354 e. The summed E-state index contributed by atoms with van der Waals surface area (Å²) in [6.45, 7) is 9.97. The second-order valence-electron chi connectivity index (χ2n) is 10.7. The molecule has 2 saturated heterocycles. The van der Waals surface area contributed by atoms with E-state index in [0.29, 0.717) is 24.9 Å². The van der Waals surface area contributed by atoms with Crippen molar-refractivity contribution in [3.05, 3.63) is 36.3 Å². The van der Waals surface area contributed by atoms with Gasteiger partial charge in [0.1, 0.15) is 17.5 Å². The Balaban J connectivity index is 1.41. The van der Waals surface area contributed by atoms with Crippen LogP contribution >= 0.6 is 0 Å². The summed E-state index contributed by atoms with van der Waals surface area (Å²) in [7, 11) is 3.62. The van der Waals surface area contributed by atoms with Crippen LogP contribution in [0.15, 0.2) is 30.7 Å². The number of anilines is 4. The normalized spacial score (nSPS) is 18.4. The number of pyridine rings is 2. The smallest absolute Gasteiger partial charge is 0.228 e. The van der Waals surface area contributed by atoms with E-state index in [2.05, 4.69) is 46.9 Å². The monoisotopic (exact) mass is 488 g/mol. The zero-order chi connectivity index (χ0) is 25.4. The zero-order valence-electron chi connectivity index (χ0n) is 21.9. The molecule has 0 aromatic carbocycles. The van der Waals surface area contributed by atoms with Crippen molar-refractivity contribution in [2.75, 3.05) is 55.4 Å². The molecule has 3 aromatic heterocycles. The summed E-state index contributed by atoms with van der Waals surface area (Å²) in [5, 5.41) is 5.52. The van der Waals surface area contributed by atoms with E-state index in [0.717, 1.165) is 47.3 Å². The van der Waals surface area contributed by atoms with E-state index in [1.54, 1.807) is 4.90 Å². The summed E-state index contributed by atoms with van der Waals surface area (Å²) >= 11 is 0. The molecule has 1 N–H and O–H groups in total. The van der Waals surface area contributed by atoms with E-state index in [-0.39, 0.29) is 11.8 Å². The molecule has 9 nitrogen and oxygen atoms in total. The van der Waals surface area contributed by atoms with Crippen molar-refractivity contribution in [1.29, 1.82) is 0 Å². The van der Waals surface area contributed by atoms with Crippen molar-refractivity contribution in [2.45, 2.75) is 39.5 Å². The summed E-state index contributed by atoms with van der Waals surface area (Å²) < 4.78 is 0. The minimum atomic E-state index is 0.0189. The van der Waals surface area contributed by atoms with E-state index >= 15 is 0 Å². The van der Waals surface area contributed by atoms with Crippen LogP contribution in [0.25, 0.3) is 10.8 Å². The number of fused-ring (bicyclic) bond motifs is 1. The average molecular weight is 489 g/mol. The Morgan fingerprint density at radius 1 is 1.06 bits per heavy atom. The van der Waals surface area contributed by atoms with Gasteiger partial charge in [0, 0.05) is 64.3 Å². The van der Waals surface area contributed by atoms with E-state index in [1.807, 2.05) is 38.8 Å². The summed E-state index contributed by atoms with van der Waals surface area (Å²) in [5.41, 5.74) is 1.17. The molecular formula is C27H36N8O. The number of carbonyl (C=O) groups is 1. The largest absolute Gasteiger partial charge is 0.354 e. The van der Waals surface area contributed by atoms with Gasteiger partial charge in [0.25, 0.3) is 0 Å². The van der Waals surface area contributed by atoms with Crippen LogP contribution in [-0.2, 0) is 4.79 Å². The quantitative estimate of drug-likeness (QED) is 0.556. The van der Waals surface area contributed by atoms with Crippen LogP contribution in [0.2, 0.25) is 0 Å². The maximum absolute atomic E-state index is 12.3.